The minimum atomic E-state index is -0.0422. The van der Waals surface area contributed by atoms with Gasteiger partial charge in [-0.2, -0.15) is 0 Å². The molecule has 3 rings (SSSR count). The van der Waals surface area contributed by atoms with E-state index in [1.165, 1.54) is 5.56 Å². The van der Waals surface area contributed by atoms with Crippen LogP contribution in [0.15, 0.2) is 30.3 Å². The maximum Gasteiger partial charge on any atom is 0.239 e. The Balaban J connectivity index is 1.49. The molecule has 138 valence electrons. The number of carbonyl (C=O) groups excluding carboxylic acids is 1. The van der Waals surface area contributed by atoms with Gasteiger partial charge in [0.2, 0.25) is 5.91 Å². The van der Waals surface area contributed by atoms with Crippen molar-refractivity contribution < 1.29 is 9.53 Å². The standard InChI is InChI=1S/C21H32N2O2/c1-16-14-23(15-17(2)25-16)18(3)21(24)22-11-9-20(10-12-22)13-19-7-5-4-6-8-19/h4-8,16-18,20H,9-15H2,1-3H3. The van der Waals surface area contributed by atoms with Crippen molar-refractivity contribution in [2.45, 2.75) is 58.3 Å². The third-order valence-corrected chi connectivity index (χ3v) is 5.65. The Labute approximate surface area is 152 Å². The number of nitrogens with zero attached hydrogens (tertiary/aromatic N) is 2. The predicted octanol–water partition coefficient (Wildman–Crippen LogP) is 2.97. The van der Waals surface area contributed by atoms with E-state index in [2.05, 4.69) is 60.9 Å². The van der Waals surface area contributed by atoms with E-state index in [1.54, 1.807) is 0 Å². The SMILES string of the molecule is CC1CN(C(C)C(=O)N2CCC(Cc3ccccc3)CC2)CC(C)O1. The van der Waals surface area contributed by atoms with E-state index in [-0.39, 0.29) is 18.2 Å². The molecule has 0 aliphatic carbocycles. The molecule has 3 unspecified atom stereocenters. The molecular formula is C21H32N2O2. The van der Waals surface area contributed by atoms with Crippen LogP contribution in [-0.4, -0.2) is 60.1 Å². The first kappa shape index (κ1) is 18.4. The van der Waals surface area contributed by atoms with Crippen LogP contribution in [0.2, 0.25) is 0 Å². The molecule has 2 aliphatic rings. The van der Waals surface area contributed by atoms with Gasteiger partial charge in [0.15, 0.2) is 0 Å². The number of ether oxygens (including phenoxy) is 1. The number of morpholine rings is 1. The summed E-state index contributed by atoms with van der Waals surface area (Å²) >= 11 is 0. The third kappa shape index (κ3) is 4.83. The van der Waals surface area contributed by atoms with Crippen LogP contribution in [0, 0.1) is 5.92 Å². The van der Waals surface area contributed by atoms with Crippen molar-refractivity contribution in [3.8, 4) is 0 Å². The third-order valence-electron chi connectivity index (χ3n) is 5.65. The van der Waals surface area contributed by atoms with Crippen LogP contribution < -0.4 is 0 Å². The Morgan fingerprint density at radius 3 is 2.32 bits per heavy atom. The normalized spacial score (nSPS) is 27.2. The van der Waals surface area contributed by atoms with E-state index < -0.39 is 0 Å². The average molecular weight is 344 g/mol. The highest BCUT2D eigenvalue weighted by atomic mass is 16.5. The molecule has 25 heavy (non-hydrogen) atoms. The Hall–Kier alpha value is -1.39. The predicted molar refractivity (Wildman–Crippen MR) is 100 cm³/mol. The summed E-state index contributed by atoms with van der Waals surface area (Å²) < 4.78 is 5.80. The quantitative estimate of drug-likeness (QED) is 0.842. The lowest BCUT2D eigenvalue weighted by Crippen LogP contribution is -2.55. The molecule has 0 spiro atoms. The molecule has 0 radical (unpaired) electrons. The summed E-state index contributed by atoms with van der Waals surface area (Å²) in [6.45, 7) is 9.74. The van der Waals surface area contributed by atoms with Gasteiger partial charge >= 0.3 is 0 Å². The number of amides is 1. The lowest BCUT2D eigenvalue weighted by Gasteiger charge is -2.41. The number of hydrogen-bond acceptors (Lipinski definition) is 3. The molecule has 3 atom stereocenters. The Morgan fingerprint density at radius 1 is 1.12 bits per heavy atom. The number of likely N-dealkylation sites (tertiary alicyclic amines) is 1. The summed E-state index contributed by atoms with van der Waals surface area (Å²) in [4.78, 5) is 17.3. The van der Waals surface area contributed by atoms with Gasteiger partial charge in [0.1, 0.15) is 0 Å². The zero-order chi connectivity index (χ0) is 17.8. The maximum absolute atomic E-state index is 12.9. The number of rotatable bonds is 4. The van der Waals surface area contributed by atoms with Gasteiger partial charge in [-0.15, -0.1) is 0 Å². The summed E-state index contributed by atoms with van der Waals surface area (Å²) in [7, 11) is 0. The van der Waals surface area contributed by atoms with Crippen LogP contribution in [0.5, 0.6) is 0 Å². The van der Waals surface area contributed by atoms with Crippen LogP contribution in [-0.2, 0) is 16.0 Å². The molecule has 0 bridgehead atoms. The Bertz CT molecular complexity index is 544. The van der Waals surface area contributed by atoms with Crippen LogP contribution >= 0.6 is 0 Å². The van der Waals surface area contributed by atoms with Crippen molar-refractivity contribution in [2.24, 2.45) is 5.92 Å². The van der Waals surface area contributed by atoms with Gasteiger partial charge in [-0.1, -0.05) is 30.3 Å². The van der Waals surface area contributed by atoms with E-state index in [0.717, 1.165) is 45.4 Å². The molecule has 2 saturated heterocycles. The zero-order valence-corrected chi connectivity index (χ0v) is 15.9. The van der Waals surface area contributed by atoms with E-state index in [1.807, 2.05) is 0 Å². The fourth-order valence-electron chi connectivity index (χ4n) is 4.26. The summed E-state index contributed by atoms with van der Waals surface area (Å²) in [5.74, 6) is 0.990. The molecule has 0 saturated carbocycles. The van der Waals surface area contributed by atoms with Crippen molar-refractivity contribution in [2.75, 3.05) is 26.2 Å². The minimum Gasteiger partial charge on any atom is -0.373 e. The van der Waals surface area contributed by atoms with Crippen molar-refractivity contribution in [1.29, 1.82) is 0 Å². The van der Waals surface area contributed by atoms with Gasteiger partial charge in [-0.3, -0.25) is 9.69 Å². The van der Waals surface area contributed by atoms with Crippen LogP contribution in [0.1, 0.15) is 39.2 Å². The van der Waals surface area contributed by atoms with E-state index in [0.29, 0.717) is 11.8 Å². The monoisotopic (exact) mass is 344 g/mol. The molecule has 1 aromatic carbocycles. The highest BCUT2D eigenvalue weighted by Gasteiger charge is 2.33. The smallest absolute Gasteiger partial charge is 0.239 e. The average Bonchev–Trinajstić information content (AvgIpc) is 2.61. The van der Waals surface area contributed by atoms with Gasteiger partial charge in [0.05, 0.1) is 18.2 Å². The van der Waals surface area contributed by atoms with E-state index in [4.69, 9.17) is 4.74 Å². The van der Waals surface area contributed by atoms with Crippen molar-refractivity contribution >= 4 is 5.91 Å². The number of hydrogen-bond donors (Lipinski definition) is 0. The summed E-state index contributed by atoms with van der Waals surface area (Å²) in [5.41, 5.74) is 1.41. The lowest BCUT2D eigenvalue weighted by molar-refractivity contribution is -0.143. The number of carbonyl (C=O) groups is 1. The van der Waals surface area contributed by atoms with Crippen molar-refractivity contribution in [1.82, 2.24) is 9.80 Å². The molecule has 2 heterocycles. The number of piperidine rings is 1. The molecule has 2 aliphatic heterocycles. The van der Waals surface area contributed by atoms with Crippen LogP contribution in [0.4, 0.5) is 0 Å². The van der Waals surface area contributed by atoms with E-state index >= 15 is 0 Å². The van der Waals surface area contributed by atoms with E-state index in [9.17, 15) is 4.79 Å². The molecule has 0 N–H and O–H groups in total. The first-order valence-corrected chi connectivity index (χ1v) is 9.75. The van der Waals surface area contributed by atoms with Gasteiger partial charge in [0.25, 0.3) is 0 Å². The van der Waals surface area contributed by atoms with Gasteiger partial charge in [-0.25, -0.2) is 0 Å². The first-order valence-electron chi connectivity index (χ1n) is 9.75. The lowest BCUT2D eigenvalue weighted by atomic mass is 9.90. The second-order valence-corrected chi connectivity index (χ2v) is 7.85. The Morgan fingerprint density at radius 2 is 1.72 bits per heavy atom. The van der Waals surface area contributed by atoms with Crippen molar-refractivity contribution in [3.05, 3.63) is 35.9 Å². The summed E-state index contributed by atoms with van der Waals surface area (Å²) in [6, 6.07) is 10.7. The molecule has 1 amide bonds. The fraction of sp³-hybridized carbons (Fsp3) is 0.667. The molecule has 4 nitrogen and oxygen atoms in total. The van der Waals surface area contributed by atoms with Gasteiger partial charge in [0, 0.05) is 26.2 Å². The largest absolute Gasteiger partial charge is 0.373 e. The first-order chi connectivity index (χ1) is 12.0. The molecule has 2 fully saturated rings. The van der Waals surface area contributed by atoms with Gasteiger partial charge < -0.3 is 9.64 Å². The molecular weight excluding hydrogens is 312 g/mol. The van der Waals surface area contributed by atoms with Crippen LogP contribution in [0.25, 0.3) is 0 Å². The second-order valence-electron chi connectivity index (χ2n) is 7.85. The second kappa shape index (κ2) is 8.33. The minimum absolute atomic E-state index is 0.0422. The molecule has 0 aromatic heterocycles. The fourth-order valence-corrected chi connectivity index (χ4v) is 4.26. The summed E-state index contributed by atoms with van der Waals surface area (Å²) in [6.07, 6.45) is 3.77. The van der Waals surface area contributed by atoms with Crippen LogP contribution in [0.3, 0.4) is 0 Å². The van der Waals surface area contributed by atoms with Crippen molar-refractivity contribution in [3.63, 3.8) is 0 Å². The number of benzene rings is 1. The topological polar surface area (TPSA) is 32.8 Å². The molecule has 4 heteroatoms. The Kier molecular flexibility index (Phi) is 6.13. The summed E-state index contributed by atoms with van der Waals surface area (Å²) in [5, 5.41) is 0. The molecule has 1 aromatic rings. The van der Waals surface area contributed by atoms with Gasteiger partial charge in [-0.05, 0) is 51.5 Å². The zero-order valence-electron chi connectivity index (χ0n) is 15.9. The highest BCUT2D eigenvalue weighted by molar-refractivity contribution is 5.81. The highest BCUT2D eigenvalue weighted by Crippen LogP contribution is 2.23. The maximum atomic E-state index is 12.9.